The maximum atomic E-state index is 12.1. The Labute approximate surface area is 124 Å². The Bertz CT molecular complexity index is 643. The highest BCUT2D eigenvalue weighted by molar-refractivity contribution is 9.10. The monoisotopic (exact) mass is 339 g/mol. The predicted molar refractivity (Wildman–Crippen MR) is 79.9 cm³/mol. The number of aryl methyl sites for hydroxylation is 1. The summed E-state index contributed by atoms with van der Waals surface area (Å²) in [6.07, 6.45) is 0. The molecule has 0 saturated heterocycles. The summed E-state index contributed by atoms with van der Waals surface area (Å²) >= 11 is 9.14. The normalized spacial score (nSPS) is 10.3. The number of nitrogens with one attached hydrogen (secondary N) is 1. The highest BCUT2D eigenvalue weighted by Crippen LogP contribution is 2.26. The molecule has 0 aromatic heterocycles. The number of phenolic OH excluding ortho intramolecular Hbond substituents is 1. The zero-order chi connectivity index (χ0) is 14.0. The SMILES string of the molecule is Cc1cc(Br)ccc1C(=O)Nc1ccc(O)c(Cl)c1. The Morgan fingerprint density at radius 2 is 2.00 bits per heavy atom. The number of carbonyl (C=O) groups is 1. The van der Waals surface area contributed by atoms with E-state index in [2.05, 4.69) is 21.2 Å². The van der Waals surface area contributed by atoms with E-state index in [9.17, 15) is 9.90 Å². The molecule has 2 N–H and O–H groups in total. The summed E-state index contributed by atoms with van der Waals surface area (Å²) in [6.45, 7) is 1.86. The minimum absolute atomic E-state index is 0.0144. The molecule has 2 aromatic carbocycles. The molecule has 0 heterocycles. The molecule has 19 heavy (non-hydrogen) atoms. The van der Waals surface area contributed by atoms with Gasteiger partial charge in [-0.3, -0.25) is 4.79 Å². The molecule has 2 rings (SSSR count). The topological polar surface area (TPSA) is 49.3 Å². The van der Waals surface area contributed by atoms with E-state index in [-0.39, 0.29) is 16.7 Å². The van der Waals surface area contributed by atoms with Gasteiger partial charge in [-0.05, 0) is 48.9 Å². The van der Waals surface area contributed by atoms with Crippen LogP contribution in [0.2, 0.25) is 5.02 Å². The molecular weight excluding hydrogens is 330 g/mol. The maximum absolute atomic E-state index is 12.1. The van der Waals surface area contributed by atoms with Crippen LogP contribution in [0.5, 0.6) is 5.75 Å². The van der Waals surface area contributed by atoms with Gasteiger partial charge < -0.3 is 10.4 Å². The Morgan fingerprint density at radius 1 is 1.26 bits per heavy atom. The van der Waals surface area contributed by atoms with Crippen LogP contribution in [-0.2, 0) is 0 Å². The van der Waals surface area contributed by atoms with Crippen molar-refractivity contribution in [2.45, 2.75) is 6.92 Å². The van der Waals surface area contributed by atoms with Gasteiger partial charge in [0.15, 0.2) is 0 Å². The van der Waals surface area contributed by atoms with Crippen molar-refractivity contribution in [1.82, 2.24) is 0 Å². The molecule has 0 bridgehead atoms. The fourth-order valence-corrected chi connectivity index (χ4v) is 2.32. The summed E-state index contributed by atoms with van der Waals surface area (Å²) in [7, 11) is 0. The lowest BCUT2D eigenvalue weighted by molar-refractivity contribution is 0.102. The first kappa shape index (κ1) is 13.9. The molecule has 2 aromatic rings. The van der Waals surface area contributed by atoms with Gasteiger partial charge >= 0.3 is 0 Å². The van der Waals surface area contributed by atoms with Crippen LogP contribution in [-0.4, -0.2) is 11.0 Å². The van der Waals surface area contributed by atoms with E-state index in [4.69, 9.17) is 11.6 Å². The smallest absolute Gasteiger partial charge is 0.255 e. The summed E-state index contributed by atoms with van der Waals surface area (Å²) < 4.78 is 0.925. The molecule has 3 nitrogen and oxygen atoms in total. The summed E-state index contributed by atoms with van der Waals surface area (Å²) in [6, 6.07) is 9.96. The first-order valence-corrected chi connectivity index (χ1v) is 6.70. The van der Waals surface area contributed by atoms with Crippen molar-refractivity contribution < 1.29 is 9.90 Å². The van der Waals surface area contributed by atoms with Crippen molar-refractivity contribution >= 4 is 39.1 Å². The lowest BCUT2D eigenvalue weighted by atomic mass is 10.1. The van der Waals surface area contributed by atoms with Gasteiger partial charge in [-0.1, -0.05) is 27.5 Å². The first-order chi connectivity index (χ1) is 8.97. The van der Waals surface area contributed by atoms with Gasteiger partial charge in [0, 0.05) is 15.7 Å². The number of amides is 1. The minimum atomic E-state index is -0.216. The van der Waals surface area contributed by atoms with Crippen LogP contribution in [0, 0.1) is 6.92 Å². The summed E-state index contributed by atoms with van der Waals surface area (Å²) in [5, 5.41) is 12.3. The third-order valence-electron chi connectivity index (χ3n) is 2.64. The zero-order valence-electron chi connectivity index (χ0n) is 10.1. The number of halogens is 2. The second-order valence-corrected chi connectivity index (χ2v) is 5.40. The molecule has 0 aliphatic heterocycles. The highest BCUT2D eigenvalue weighted by Gasteiger charge is 2.10. The van der Waals surface area contributed by atoms with Gasteiger partial charge in [0.2, 0.25) is 0 Å². The van der Waals surface area contributed by atoms with E-state index < -0.39 is 0 Å². The number of hydrogen-bond donors (Lipinski definition) is 2. The Kier molecular flexibility index (Phi) is 4.12. The van der Waals surface area contributed by atoms with Crippen molar-refractivity contribution in [1.29, 1.82) is 0 Å². The third kappa shape index (κ3) is 3.28. The molecule has 0 atom stereocenters. The number of hydrogen-bond acceptors (Lipinski definition) is 2. The van der Waals surface area contributed by atoms with Gasteiger partial charge in [0.25, 0.3) is 5.91 Å². The summed E-state index contributed by atoms with van der Waals surface area (Å²) in [4.78, 5) is 12.1. The van der Waals surface area contributed by atoms with Crippen LogP contribution >= 0.6 is 27.5 Å². The third-order valence-corrected chi connectivity index (χ3v) is 3.43. The van der Waals surface area contributed by atoms with Crippen LogP contribution in [0.4, 0.5) is 5.69 Å². The molecule has 0 radical (unpaired) electrons. The van der Waals surface area contributed by atoms with E-state index in [1.165, 1.54) is 12.1 Å². The maximum Gasteiger partial charge on any atom is 0.255 e. The van der Waals surface area contributed by atoms with Gasteiger partial charge in [0.05, 0.1) is 5.02 Å². The fraction of sp³-hybridized carbons (Fsp3) is 0.0714. The van der Waals surface area contributed by atoms with Crippen molar-refractivity contribution in [3.05, 3.63) is 57.0 Å². The number of benzene rings is 2. The Hall–Kier alpha value is -1.52. The molecule has 0 saturated carbocycles. The first-order valence-electron chi connectivity index (χ1n) is 5.53. The van der Waals surface area contributed by atoms with Crippen LogP contribution < -0.4 is 5.32 Å². The van der Waals surface area contributed by atoms with Crippen LogP contribution in [0.25, 0.3) is 0 Å². The van der Waals surface area contributed by atoms with Gasteiger partial charge in [-0.2, -0.15) is 0 Å². The fourth-order valence-electron chi connectivity index (χ4n) is 1.66. The van der Waals surface area contributed by atoms with Gasteiger partial charge in [-0.25, -0.2) is 0 Å². The van der Waals surface area contributed by atoms with Crippen LogP contribution in [0.15, 0.2) is 40.9 Å². The average molecular weight is 341 g/mol. The molecule has 0 unspecified atom stereocenters. The molecule has 5 heteroatoms. The lowest BCUT2D eigenvalue weighted by Gasteiger charge is -2.08. The number of aromatic hydroxyl groups is 1. The van der Waals surface area contributed by atoms with E-state index in [1.807, 2.05) is 19.1 Å². The second-order valence-electron chi connectivity index (χ2n) is 4.08. The number of rotatable bonds is 2. The van der Waals surface area contributed by atoms with Crippen molar-refractivity contribution in [3.8, 4) is 5.75 Å². The lowest BCUT2D eigenvalue weighted by Crippen LogP contribution is -2.13. The van der Waals surface area contributed by atoms with E-state index >= 15 is 0 Å². The minimum Gasteiger partial charge on any atom is -0.506 e. The number of carbonyl (C=O) groups excluding carboxylic acids is 1. The molecule has 98 valence electrons. The predicted octanol–water partition coefficient (Wildman–Crippen LogP) is 4.37. The quantitative estimate of drug-likeness (QED) is 0.798. The largest absolute Gasteiger partial charge is 0.506 e. The highest BCUT2D eigenvalue weighted by atomic mass is 79.9. The van der Waals surface area contributed by atoms with Crippen LogP contribution in [0.1, 0.15) is 15.9 Å². The molecule has 0 fully saturated rings. The van der Waals surface area contributed by atoms with Crippen molar-refractivity contribution in [3.63, 3.8) is 0 Å². The molecule has 0 aliphatic carbocycles. The molecule has 0 aliphatic rings. The molecule has 0 spiro atoms. The standard InChI is InChI=1S/C14H11BrClNO2/c1-8-6-9(15)2-4-11(8)14(19)17-10-3-5-13(18)12(16)7-10/h2-7,18H,1H3,(H,17,19). The van der Waals surface area contributed by atoms with E-state index in [0.29, 0.717) is 11.3 Å². The number of phenols is 1. The summed E-state index contributed by atoms with van der Waals surface area (Å²) in [5.74, 6) is -0.230. The Balaban J connectivity index is 2.23. The summed E-state index contributed by atoms with van der Waals surface area (Å²) in [5.41, 5.74) is 2.00. The van der Waals surface area contributed by atoms with Gasteiger partial charge in [0.1, 0.15) is 5.75 Å². The molecule has 1 amide bonds. The number of anilines is 1. The van der Waals surface area contributed by atoms with Gasteiger partial charge in [-0.15, -0.1) is 0 Å². The van der Waals surface area contributed by atoms with E-state index in [1.54, 1.807) is 12.1 Å². The van der Waals surface area contributed by atoms with Crippen molar-refractivity contribution in [2.75, 3.05) is 5.32 Å². The van der Waals surface area contributed by atoms with Crippen LogP contribution in [0.3, 0.4) is 0 Å². The zero-order valence-corrected chi connectivity index (χ0v) is 12.4. The van der Waals surface area contributed by atoms with Crippen molar-refractivity contribution in [2.24, 2.45) is 0 Å². The second kappa shape index (κ2) is 5.63. The van der Waals surface area contributed by atoms with E-state index in [0.717, 1.165) is 10.0 Å². The molecular formula is C14H11BrClNO2. The Morgan fingerprint density at radius 3 is 2.63 bits per heavy atom. The average Bonchev–Trinajstić information content (AvgIpc) is 2.33.